The first-order chi connectivity index (χ1) is 6.27. The molecule has 4 heteroatoms. The molecule has 0 aromatic rings. The highest BCUT2D eigenvalue weighted by atomic mass is 16.5. The number of amides is 2. The molecular formula is C9H16N2O2. The first-order valence-corrected chi connectivity index (χ1v) is 4.92. The van der Waals surface area contributed by atoms with Gasteiger partial charge in [-0.25, -0.2) is 4.79 Å². The number of nitrogens with one attached hydrogen (secondary N) is 1. The highest BCUT2D eigenvalue weighted by molar-refractivity contribution is 5.77. The second-order valence-corrected chi connectivity index (χ2v) is 3.85. The van der Waals surface area contributed by atoms with Crippen LogP contribution in [0.2, 0.25) is 0 Å². The Morgan fingerprint density at radius 1 is 1.46 bits per heavy atom. The number of ether oxygens (including phenoxy) is 1. The minimum absolute atomic E-state index is 0.0967. The molecular weight excluding hydrogens is 168 g/mol. The predicted octanol–water partition coefficient (Wildman–Crippen LogP) is 0.579. The van der Waals surface area contributed by atoms with Gasteiger partial charge in [-0.15, -0.1) is 0 Å². The Labute approximate surface area is 78.2 Å². The SMILES string of the molecule is CC1CN(C2CCOCC2)C(=O)N1. The van der Waals surface area contributed by atoms with Crippen LogP contribution >= 0.6 is 0 Å². The molecule has 2 heterocycles. The summed E-state index contributed by atoms with van der Waals surface area (Å²) >= 11 is 0. The van der Waals surface area contributed by atoms with Crippen molar-refractivity contribution in [2.75, 3.05) is 19.8 Å². The van der Waals surface area contributed by atoms with E-state index in [4.69, 9.17) is 4.74 Å². The molecule has 2 rings (SSSR count). The zero-order valence-corrected chi connectivity index (χ0v) is 7.95. The molecule has 0 radical (unpaired) electrons. The van der Waals surface area contributed by atoms with E-state index in [2.05, 4.69) is 5.32 Å². The van der Waals surface area contributed by atoms with Crippen LogP contribution in [-0.4, -0.2) is 42.8 Å². The normalized spacial score (nSPS) is 30.7. The van der Waals surface area contributed by atoms with Crippen LogP contribution in [-0.2, 0) is 4.74 Å². The summed E-state index contributed by atoms with van der Waals surface area (Å²) in [7, 11) is 0. The van der Waals surface area contributed by atoms with Gasteiger partial charge in [0.25, 0.3) is 0 Å². The standard InChI is InChI=1S/C9H16N2O2/c1-7-6-11(9(12)10-7)8-2-4-13-5-3-8/h7-8H,2-6H2,1H3,(H,10,12). The maximum absolute atomic E-state index is 11.5. The van der Waals surface area contributed by atoms with Crippen LogP contribution in [0.4, 0.5) is 4.79 Å². The minimum Gasteiger partial charge on any atom is -0.381 e. The van der Waals surface area contributed by atoms with Gasteiger partial charge in [-0.3, -0.25) is 0 Å². The van der Waals surface area contributed by atoms with Gasteiger partial charge in [0.15, 0.2) is 0 Å². The lowest BCUT2D eigenvalue weighted by atomic mass is 10.1. The molecule has 1 atom stereocenters. The van der Waals surface area contributed by atoms with Gasteiger partial charge < -0.3 is 15.0 Å². The van der Waals surface area contributed by atoms with E-state index in [0.717, 1.165) is 32.6 Å². The van der Waals surface area contributed by atoms with E-state index < -0.39 is 0 Å². The molecule has 4 nitrogen and oxygen atoms in total. The molecule has 74 valence electrons. The van der Waals surface area contributed by atoms with Crippen molar-refractivity contribution in [3.63, 3.8) is 0 Å². The number of hydrogen-bond acceptors (Lipinski definition) is 2. The zero-order chi connectivity index (χ0) is 9.26. The molecule has 0 saturated carbocycles. The maximum Gasteiger partial charge on any atom is 0.317 e. The summed E-state index contributed by atoms with van der Waals surface area (Å²) in [6.07, 6.45) is 1.97. The molecule has 13 heavy (non-hydrogen) atoms. The third-order valence-corrected chi connectivity index (χ3v) is 2.73. The average Bonchev–Trinajstić information content (AvgIpc) is 2.47. The van der Waals surface area contributed by atoms with E-state index in [1.807, 2.05) is 11.8 Å². The first-order valence-electron chi connectivity index (χ1n) is 4.92. The Kier molecular flexibility index (Phi) is 2.40. The molecule has 0 bridgehead atoms. The Morgan fingerprint density at radius 2 is 2.15 bits per heavy atom. The topological polar surface area (TPSA) is 41.6 Å². The Hall–Kier alpha value is -0.770. The van der Waals surface area contributed by atoms with E-state index in [9.17, 15) is 4.79 Å². The first kappa shape index (κ1) is 8.81. The van der Waals surface area contributed by atoms with Crippen LogP contribution in [0.1, 0.15) is 19.8 Å². The molecule has 2 aliphatic heterocycles. The second-order valence-electron chi connectivity index (χ2n) is 3.85. The van der Waals surface area contributed by atoms with Crippen molar-refractivity contribution in [1.82, 2.24) is 10.2 Å². The molecule has 2 saturated heterocycles. The lowest BCUT2D eigenvalue weighted by Gasteiger charge is -2.30. The molecule has 1 unspecified atom stereocenters. The van der Waals surface area contributed by atoms with E-state index >= 15 is 0 Å². The fourth-order valence-corrected chi connectivity index (χ4v) is 2.03. The summed E-state index contributed by atoms with van der Waals surface area (Å²) in [5.41, 5.74) is 0. The maximum atomic E-state index is 11.5. The van der Waals surface area contributed by atoms with Gasteiger partial charge in [0.1, 0.15) is 0 Å². The molecule has 0 aromatic heterocycles. The third kappa shape index (κ3) is 1.77. The van der Waals surface area contributed by atoms with E-state index in [0.29, 0.717) is 12.1 Å². The smallest absolute Gasteiger partial charge is 0.317 e. The number of nitrogens with zero attached hydrogens (tertiary/aromatic N) is 1. The molecule has 2 fully saturated rings. The van der Waals surface area contributed by atoms with Crippen LogP contribution in [0.25, 0.3) is 0 Å². The lowest BCUT2D eigenvalue weighted by molar-refractivity contribution is 0.0511. The van der Waals surface area contributed by atoms with Crippen molar-refractivity contribution in [1.29, 1.82) is 0 Å². The van der Waals surface area contributed by atoms with Crippen molar-refractivity contribution in [3.05, 3.63) is 0 Å². The van der Waals surface area contributed by atoms with Gasteiger partial charge in [0.05, 0.1) is 0 Å². The van der Waals surface area contributed by atoms with Crippen LogP contribution in [0.5, 0.6) is 0 Å². The fourth-order valence-electron chi connectivity index (χ4n) is 2.03. The zero-order valence-electron chi connectivity index (χ0n) is 7.95. The Balaban J connectivity index is 1.95. The van der Waals surface area contributed by atoms with Gasteiger partial charge in [0, 0.05) is 31.8 Å². The summed E-state index contributed by atoms with van der Waals surface area (Å²) in [6.45, 7) is 4.48. The summed E-state index contributed by atoms with van der Waals surface area (Å²) in [5.74, 6) is 0. The quantitative estimate of drug-likeness (QED) is 0.647. The number of carbonyl (C=O) groups excluding carboxylic acids is 1. The average molecular weight is 184 g/mol. The summed E-state index contributed by atoms with van der Waals surface area (Å²) in [5, 5.41) is 2.91. The number of carbonyl (C=O) groups is 1. The highest BCUT2D eigenvalue weighted by Crippen LogP contribution is 2.17. The highest BCUT2D eigenvalue weighted by Gasteiger charge is 2.32. The second kappa shape index (κ2) is 3.54. The fraction of sp³-hybridized carbons (Fsp3) is 0.889. The Bertz CT molecular complexity index is 202. The van der Waals surface area contributed by atoms with Gasteiger partial charge in [-0.05, 0) is 19.8 Å². The lowest BCUT2D eigenvalue weighted by Crippen LogP contribution is -2.41. The van der Waals surface area contributed by atoms with Crippen LogP contribution in [0.3, 0.4) is 0 Å². The van der Waals surface area contributed by atoms with Gasteiger partial charge in [0.2, 0.25) is 0 Å². The predicted molar refractivity (Wildman–Crippen MR) is 48.5 cm³/mol. The number of rotatable bonds is 1. The minimum atomic E-state index is 0.0967. The summed E-state index contributed by atoms with van der Waals surface area (Å²) < 4.78 is 5.26. The third-order valence-electron chi connectivity index (χ3n) is 2.73. The number of hydrogen-bond donors (Lipinski definition) is 1. The van der Waals surface area contributed by atoms with Gasteiger partial charge in [-0.2, -0.15) is 0 Å². The van der Waals surface area contributed by atoms with Crippen LogP contribution in [0, 0.1) is 0 Å². The monoisotopic (exact) mass is 184 g/mol. The van der Waals surface area contributed by atoms with Crippen molar-refractivity contribution < 1.29 is 9.53 Å². The van der Waals surface area contributed by atoms with Gasteiger partial charge >= 0.3 is 6.03 Å². The van der Waals surface area contributed by atoms with E-state index in [1.54, 1.807) is 0 Å². The summed E-state index contributed by atoms with van der Waals surface area (Å²) in [4.78, 5) is 13.4. The molecule has 0 aliphatic carbocycles. The van der Waals surface area contributed by atoms with Gasteiger partial charge in [-0.1, -0.05) is 0 Å². The van der Waals surface area contributed by atoms with Crippen LogP contribution in [0.15, 0.2) is 0 Å². The molecule has 2 aliphatic rings. The van der Waals surface area contributed by atoms with Crippen LogP contribution < -0.4 is 5.32 Å². The largest absolute Gasteiger partial charge is 0.381 e. The molecule has 1 N–H and O–H groups in total. The Morgan fingerprint density at radius 3 is 2.69 bits per heavy atom. The van der Waals surface area contributed by atoms with Crippen molar-refractivity contribution in [3.8, 4) is 0 Å². The van der Waals surface area contributed by atoms with E-state index in [1.165, 1.54) is 0 Å². The van der Waals surface area contributed by atoms with Crippen molar-refractivity contribution >= 4 is 6.03 Å². The molecule has 0 aromatic carbocycles. The summed E-state index contributed by atoms with van der Waals surface area (Å²) in [6, 6.07) is 0.799. The van der Waals surface area contributed by atoms with E-state index in [-0.39, 0.29) is 6.03 Å². The molecule has 0 spiro atoms. The van der Waals surface area contributed by atoms with Crippen molar-refractivity contribution in [2.24, 2.45) is 0 Å². The number of urea groups is 1. The molecule has 2 amide bonds. The van der Waals surface area contributed by atoms with Crippen molar-refractivity contribution in [2.45, 2.75) is 31.8 Å².